The predicted molar refractivity (Wildman–Crippen MR) is 138 cm³/mol. The molecule has 0 radical (unpaired) electrons. The maximum absolute atomic E-state index is 14.0. The molecular formula is C29H22F5N5O. The van der Waals surface area contributed by atoms with E-state index >= 15 is 0 Å². The topological polar surface area (TPSA) is 74.0 Å². The average Bonchev–Trinajstić information content (AvgIpc) is 3.25. The van der Waals surface area contributed by atoms with Gasteiger partial charge >= 0.3 is 12.2 Å². The molecule has 3 heterocycles. The molecule has 1 aliphatic heterocycles. The molecule has 0 bridgehead atoms. The van der Waals surface area contributed by atoms with Crippen LogP contribution in [0.4, 0.5) is 26.7 Å². The maximum Gasteiger partial charge on any atom is 0.433 e. The number of nitrogens with zero attached hydrogens (tertiary/aromatic N) is 4. The van der Waals surface area contributed by atoms with Gasteiger partial charge in [-0.1, -0.05) is 12.2 Å². The van der Waals surface area contributed by atoms with Crippen molar-refractivity contribution in [2.75, 3.05) is 13.1 Å². The Labute approximate surface area is 226 Å². The molecule has 204 valence electrons. The van der Waals surface area contributed by atoms with E-state index in [0.29, 0.717) is 37.1 Å². The molecule has 0 saturated heterocycles. The lowest BCUT2D eigenvalue weighted by Gasteiger charge is -2.27. The van der Waals surface area contributed by atoms with Gasteiger partial charge < -0.3 is 5.32 Å². The summed E-state index contributed by atoms with van der Waals surface area (Å²) in [7, 11) is 0. The van der Waals surface area contributed by atoms with Crippen LogP contribution in [-0.4, -0.2) is 33.6 Å². The molecular weight excluding hydrogens is 529 g/mol. The standard InChI is InChI=1S/C29H22F5N5O/c30-21-5-4-20(24(31)14-21)2-1-10-38-11-8-26-23(17-38)22-12-18(15-35)3-6-25(22)39(26)28(40)37-16-19-7-9-36-27(13-19)29(32,33)34/h1-7,9,12-14H,8,10-11,16-17H2,(H,37,40). The van der Waals surface area contributed by atoms with Gasteiger partial charge in [-0.05, 0) is 53.6 Å². The summed E-state index contributed by atoms with van der Waals surface area (Å²) in [4.78, 5) is 18.8. The van der Waals surface area contributed by atoms with E-state index in [1.807, 2.05) is 0 Å². The lowest BCUT2D eigenvalue weighted by molar-refractivity contribution is -0.141. The molecule has 5 rings (SSSR count). The summed E-state index contributed by atoms with van der Waals surface area (Å²) >= 11 is 0. The fourth-order valence-corrected chi connectivity index (χ4v) is 4.83. The minimum atomic E-state index is -4.59. The van der Waals surface area contributed by atoms with Gasteiger partial charge in [0.25, 0.3) is 0 Å². The highest BCUT2D eigenvalue weighted by Crippen LogP contribution is 2.32. The Morgan fingerprint density at radius 2 is 1.95 bits per heavy atom. The fraction of sp³-hybridized carbons (Fsp3) is 0.207. The highest BCUT2D eigenvalue weighted by Gasteiger charge is 2.32. The number of pyridine rings is 1. The van der Waals surface area contributed by atoms with E-state index in [2.05, 4.69) is 21.3 Å². The molecule has 0 aliphatic carbocycles. The van der Waals surface area contributed by atoms with E-state index in [1.54, 1.807) is 30.4 Å². The fourth-order valence-electron chi connectivity index (χ4n) is 4.83. The summed E-state index contributed by atoms with van der Waals surface area (Å²) in [5, 5.41) is 12.9. The van der Waals surface area contributed by atoms with Gasteiger partial charge in [0.1, 0.15) is 17.3 Å². The van der Waals surface area contributed by atoms with Crippen LogP contribution >= 0.6 is 0 Å². The Hall–Kier alpha value is -4.56. The molecule has 40 heavy (non-hydrogen) atoms. The van der Waals surface area contributed by atoms with Gasteiger partial charge in [0.15, 0.2) is 0 Å². The van der Waals surface area contributed by atoms with Crippen LogP contribution in [0.15, 0.2) is 60.8 Å². The third kappa shape index (κ3) is 5.58. The smallest absolute Gasteiger partial charge is 0.333 e. The summed E-state index contributed by atoms with van der Waals surface area (Å²) in [6, 6.07) is 12.3. The number of halogens is 5. The van der Waals surface area contributed by atoms with Crippen molar-refractivity contribution < 1.29 is 26.7 Å². The predicted octanol–water partition coefficient (Wildman–Crippen LogP) is 6.03. The second-order valence-corrected chi connectivity index (χ2v) is 9.36. The quantitative estimate of drug-likeness (QED) is 0.307. The molecule has 0 unspecified atom stereocenters. The van der Waals surface area contributed by atoms with Crippen LogP contribution in [0.1, 0.15) is 33.6 Å². The van der Waals surface area contributed by atoms with Gasteiger partial charge in [0.2, 0.25) is 0 Å². The third-order valence-electron chi connectivity index (χ3n) is 6.74. The van der Waals surface area contributed by atoms with E-state index in [4.69, 9.17) is 0 Å². The Kier molecular flexibility index (Phi) is 7.36. The van der Waals surface area contributed by atoms with E-state index in [0.717, 1.165) is 35.0 Å². The number of rotatable bonds is 5. The van der Waals surface area contributed by atoms with Crippen LogP contribution in [0, 0.1) is 23.0 Å². The summed E-state index contributed by atoms with van der Waals surface area (Å²) in [5.41, 5.74) is 2.09. The number of hydrogen-bond donors (Lipinski definition) is 1. The molecule has 4 aromatic rings. The van der Waals surface area contributed by atoms with E-state index in [1.165, 1.54) is 22.8 Å². The van der Waals surface area contributed by atoms with Crippen molar-refractivity contribution in [3.8, 4) is 6.07 Å². The highest BCUT2D eigenvalue weighted by molar-refractivity contribution is 5.96. The molecule has 2 aromatic carbocycles. The van der Waals surface area contributed by atoms with Crippen molar-refractivity contribution in [2.45, 2.75) is 25.7 Å². The second-order valence-electron chi connectivity index (χ2n) is 9.36. The van der Waals surface area contributed by atoms with Crippen LogP contribution in [0.2, 0.25) is 0 Å². The minimum Gasteiger partial charge on any atom is -0.333 e. The lowest BCUT2D eigenvalue weighted by atomic mass is 10.0. The Bertz CT molecular complexity index is 1670. The van der Waals surface area contributed by atoms with Gasteiger partial charge in [0.05, 0.1) is 17.1 Å². The monoisotopic (exact) mass is 551 g/mol. The van der Waals surface area contributed by atoms with E-state index < -0.39 is 29.5 Å². The number of nitriles is 1. The summed E-state index contributed by atoms with van der Waals surface area (Å²) in [6.45, 7) is 1.37. The molecule has 2 aromatic heterocycles. The Balaban J connectivity index is 1.38. The van der Waals surface area contributed by atoms with E-state index in [9.17, 15) is 32.0 Å². The molecule has 1 amide bonds. The molecule has 0 saturated carbocycles. The van der Waals surface area contributed by atoms with Crippen molar-refractivity contribution in [3.05, 3.63) is 106 Å². The summed E-state index contributed by atoms with van der Waals surface area (Å²) in [5.74, 6) is -1.31. The first kappa shape index (κ1) is 27.0. The number of benzene rings is 2. The van der Waals surface area contributed by atoms with Crippen molar-refractivity contribution in [1.82, 2.24) is 19.8 Å². The van der Waals surface area contributed by atoms with Crippen molar-refractivity contribution in [1.29, 1.82) is 5.26 Å². The molecule has 0 spiro atoms. The molecule has 1 N–H and O–H groups in total. The number of nitrogens with one attached hydrogen (secondary N) is 1. The zero-order valence-electron chi connectivity index (χ0n) is 21.0. The maximum atomic E-state index is 14.0. The molecule has 6 nitrogen and oxygen atoms in total. The zero-order valence-corrected chi connectivity index (χ0v) is 21.0. The normalized spacial score (nSPS) is 13.9. The minimum absolute atomic E-state index is 0.133. The number of amides is 1. The summed E-state index contributed by atoms with van der Waals surface area (Å²) in [6.07, 6.45) is 0.304. The molecule has 1 aliphatic rings. The van der Waals surface area contributed by atoms with Crippen molar-refractivity contribution >= 4 is 23.0 Å². The van der Waals surface area contributed by atoms with Crippen LogP contribution in [0.5, 0.6) is 0 Å². The largest absolute Gasteiger partial charge is 0.433 e. The second kappa shape index (κ2) is 10.9. The number of alkyl halides is 3. The number of aromatic nitrogens is 2. The highest BCUT2D eigenvalue weighted by atomic mass is 19.4. The first-order chi connectivity index (χ1) is 19.1. The van der Waals surface area contributed by atoms with Gasteiger partial charge in [-0.3, -0.25) is 14.5 Å². The first-order valence-electron chi connectivity index (χ1n) is 12.3. The number of fused-ring (bicyclic) bond motifs is 3. The van der Waals surface area contributed by atoms with Crippen LogP contribution in [-0.2, 0) is 25.7 Å². The first-order valence-corrected chi connectivity index (χ1v) is 12.3. The third-order valence-corrected chi connectivity index (χ3v) is 6.74. The number of carbonyl (C=O) groups is 1. The summed E-state index contributed by atoms with van der Waals surface area (Å²) < 4.78 is 67.7. The van der Waals surface area contributed by atoms with E-state index in [-0.39, 0.29) is 17.7 Å². The molecule has 0 fully saturated rings. The lowest BCUT2D eigenvalue weighted by Crippen LogP contribution is -2.34. The average molecular weight is 552 g/mol. The zero-order chi connectivity index (χ0) is 28.4. The van der Waals surface area contributed by atoms with Crippen molar-refractivity contribution in [2.24, 2.45) is 0 Å². The van der Waals surface area contributed by atoms with Crippen LogP contribution < -0.4 is 5.32 Å². The van der Waals surface area contributed by atoms with Gasteiger partial charge in [-0.25, -0.2) is 13.6 Å². The number of hydrogen-bond acceptors (Lipinski definition) is 4. The van der Waals surface area contributed by atoms with Crippen LogP contribution in [0.3, 0.4) is 0 Å². The van der Waals surface area contributed by atoms with Gasteiger partial charge in [0, 0.05) is 61.5 Å². The molecule has 0 atom stereocenters. The van der Waals surface area contributed by atoms with Crippen LogP contribution in [0.25, 0.3) is 17.0 Å². The van der Waals surface area contributed by atoms with Gasteiger partial charge in [-0.2, -0.15) is 18.4 Å². The number of carbonyl (C=O) groups excluding carboxylic acids is 1. The van der Waals surface area contributed by atoms with Gasteiger partial charge in [-0.15, -0.1) is 0 Å². The van der Waals surface area contributed by atoms with Crippen molar-refractivity contribution in [3.63, 3.8) is 0 Å². The Morgan fingerprint density at radius 3 is 2.70 bits per heavy atom. The molecule has 11 heteroatoms. The SMILES string of the molecule is N#Cc1ccc2c(c1)c1c(n2C(=O)NCc2ccnc(C(F)(F)F)c2)CCN(CC=Cc2ccc(F)cc2F)C1. The Morgan fingerprint density at radius 1 is 1.12 bits per heavy atom.